The van der Waals surface area contributed by atoms with Gasteiger partial charge in [-0.2, -0.15) is 0 Å². The molecule has 0 amide bonds. The highest BCUT2D eigenvalue weighted by atomic mass is 16.6. The summed E-state index contributed by atoms with van der Waals surface area (Å²) in [4.78, 5) is 0. The Balaban J connectivity index is 1.44. The van der Waals surface area contributed by atoms with Crippen molar-refractivity contribution in [2.45, 2.75) is 51.7 Å². The molecular weight excluding hydrogens is 216 g/mol. The lowest BCUT2D eigenvalue weighted by atomic mass is 9.75. The van der Waals surface area contributed by atoms with E-state index in [9.17, 15) is 0 Å². The maximum Gasteiger partial charge on any atom is 0.0810 e. The Morgan fingerprint density at radius 1 is 1.24 bits per heavy atom. The van der Waals surface area contributed by atoms with Crippen molar-refractivity contribution in [3.8, 4) is 0 Å². The Morgan fingerprint density at radius 3 is 2.71 bits per heavy atom. The molecule has 0 spiro atoms. The van der Waals surface area contributed by atoms with Gasteiger partial charge in [0.1, 0.15) is 0 Å². The molecule has 1 saturated carbocycles. The van der Waals surface area contributed by atoms with Gasteiger partial charge in [-0.05, 0) is 37.5 Å². The monoisotopic (exact) mass is 242 g/mol. The molecule has 17 heavy (non-hydrogen) atoms. The molecule has 0 aromatic rings. The molecule has 0 aromatic heterocycles. The van der Waals surface area contributed by atoms with Crippen molar-refractivity contribution in [3.05, 3.63) is 0 Å². The van der Waals surface area contributed by atoms with Gasteiger partial charge in [0.25, 0.3) is 0 Å². The zero-order chi connectivity index (χ0) is 12.1. The van der Waals surface area contributed by atoms with Crippen molar-refractivity contribution in [2.24, 2.45) is 11.8 Å². The Hall–Kier alpha value is -0.120. The first-order chi connectivity index (χ1) is 8.25. The topological polar surface area (TPSA) is 27.7 Å². The van der Waals surface area contributed by atoms with Gasteiger partial charge in [0.2, 0.25) is 0 Å². The van der Waals surface area contributed by atoms with Crippen LogP contribution in [0.4, 0.5) is 0 Å². The van der Waals surface area contributed by atoms with Crippen LogP contribution < -0.4 is 0 Å². The van der Waals surface area contributed by atoms with E-state index in [2.05, 4.69) is 13.8 Å². The third kappa shape index (κ3) is 4.23. The highest BCUT2D eigenvalue weighted by Crippen LogP contribution is 2.35. The molecule has 3 nitrogen and oxygen atoms in total. The van der Waals surface area contributed by atoms with Gasteiger partial charge in [0.15, 0.2) is 0 Å². The van der Waals surface area contributed by atoms with Gasteiger partial charge in [-0.25, -0.2) is 0 Å². The van der Waals surface area contributed by atoms with Crippen LogP contribution in [-0.4, -0.2) is 38.6 Å². The Labute approximate surface area is 105 Å². The van der Waals surface area contributed by atoms with Crippen LogP contribution in [0, 0.1) is 11.8 Å². The normalized spacial score (nSPS) is 33.7. The lowest BCUT2D eigenvalue weighted by Crippen LogP contribution is -2.34. The highest BCUT2D eigenvalue weighted by molar-refractivity contribution is 4.82. The van der Waals surface area contributed by atoms with Crippen molar-refractivity contribution in [1.82, 2.24) is 0 Å². The van der Waals surface area contributed by atoms with E-state index in [1.807, 2.05) is 0 Å². The second-order valence-electron chi connectivity index (χ2n) is 5.68. The molecule has 2 fully saturated rings. The second kappa shape index (κ2) is 6.72. The summed E-state index contributed by atoms with van der Waals surface area (Å²) in [6.07, 6.45) is 5.53. The molecule has 0 aromatic carbocycles. The summed E-state index contributed by atoms with van der Waals surface area (Å²) in [5, 5.41) is 0. The molecule has 3 heteroatoms. The maximum absolute atomic E-state index is 5.85. The van der Waals surface area contributed by atoms with E-state index in [1.165, 1.54) is 12.8 Å². The van der Waals surface area contributed by atoms with Crippen LogP contribution in [0.3, 0.4) is 0 Å². The maximum atomic E-state index is 5.85. The average molecular weight is 242 g/mol. The summed E-state index contributed by atoms with van der Waals surface area (Å²) < 4.78 is 16.8. The van der Waals surface area contributed by atoms with Crippen LogP contribution in [0.5, 0.6) is 0 Å². The first-order valence-corrected chi connectivity index (χ1v) is 7.06. The SMILES string of the molecule is CC(C)C1CC(OCCC[C@@H]2COCCO2)C1. The minimum Gasteiger partial charge on any atom is -0.378 e. The zero-order valence-electron chi connectivity index (χ0n) is 11.2. The molecular formula is C14H26O3. The molecule has 1 atom stereocenters. The van der Waals surface area contributed by atoms with Crippen LogP contribution in [-0.2, 0) is 14.2 Å². The smallest absolute Gasteiger partial charge is 0.0810 e. The molecule has 1 saturated heterocycles. The summed E-state index contributed by atoms with van der Waals surface area (Å²) in [5.41, 5.74) is 0. The summed E-state index contributed by atoms with van der Waals surface area (Å²) in [7, 11) is 0. The fourth-order valence-electron chi connectivity index (χ4n) is 2.55. The Bertz CT molecular complexity index is 206. The lowest BCUT2D eigenvalue weighted by molar-refractivity contribution is -0.0962. The van der Waals surface area contributed by atoms with Crippen LogP contribution in [0.15, 0.2) is 0 Å². The minimum absolute atomic E-state index is 0.303. The van der Waals surface area contributed by atoms with E-state index < -0.39 is 0 Å². The van der Waals surface area contributed by atoms with Crippen LogP contribution in [0.2, 0.25) is 0 Å². The average Bonchev–Trinajstić information content (AvgIpc) is 2.27. The van der Waals surface area contributed by atoms with Gasteiger partial charge >= 0.3 is 0 Å². The Morgan fingerprint density at radius 2 is 2.06 bits per heavy atom. The standard InChI is InChI=1S/C14H26O3/c1-11(2)12-8-14(9-12)16-5-3-4-13-10-15-6-7-17-13/h11-14H,3-10H2,1-2H3/t12?,13-,14?/m1/s1. The van der Waals surface area contributed by atoms with Crippen LogP contribution in [0.25, 0.3) is 0 Å². The van der Waals surface area contributed by atoms with E-state index in [1.54, 1.807) is 0 Å². The largest absolute Gasteiger partial charge is 0.378 e. The van der Waals surface area contributed by atoms with E-state index in [0.29, 0.717) is 12.2 Å². The second-order valence-corrected chi connectivity index (χ2v) is 5.68. The quantitative estimate of drug-likeness (QED) is 0.670. The van der Waals surface area contributed by atoms with E-state index in [4.69, 9.17) is 14.2 Å². The van der Waals surface area contributed by atoms with Gasteiger partial charge in [-0.15, -0.1) is 0 Å². The molecule has 0 N–H and O–H groups in total. The fourth-order valence-corrected chi connectivity index (χ4v) is 2.55. The molecule has 0 unspecified atom stereocenters. The van der Waals surface area contributed by atoms with E-state index >= 15 is 0 Å². The van der Waals surface area contributed by atoms with Gasteiger partial charge in [-0.3, -0.25) is 0 Å². The third-order valence-electron chi connectivity index (χ3n) is 3.98. The molecule has 1 aliphatic carbocycles. The van der Waals surface area contributed by atoms with E-state index in [0.717, 1.165) is 51.1 Å². The van der Waals surface area contributed by atoms with Crippen molar-refractivity contribution in [3.63, 3.8) is 0 Å². The van der Waals surface area contributed by atoms with Crippen molar-refractivity contribution < 1.29 is 14.2 Å². The van der Waals surface area contributed by atoms with Crippen molar-refractivity contribution in [1.29, 1.82) is 0 Å². The van der Waals surface area contributed by atoms with Gasteiger partial charge in [0.05, 0.1) is 32.0 Å². The van der Waals surface area contributed by atoms with Crippen molar-refractivity contribution in [2.75, 3.05) is 26.4 Å². The number of hydrogen-bond donors (Lipinski definition) is 0. The number of ether oxygens (including phenoxy) is 3. The van der Waals surface area contributed by atoms with Crippen LogP contribution in [0.1, 0.15) is 39.5 Å². The highest BCUT2D eigenvalue weighted by Gasteiger charge is 2.31. The first-order valence-electron chi connectivity index (χ1n) is 7.06. The molecule has 1 heterocycles. The number of hydrogen-bond acceptors (Lipinski definition) is 3. The molecule has 0 radical (unpaired) electrons. The zero-order valence-corrected chi connectivity index (χ0v) is 11.2. The lowest BCUT2D eigenvalue weighted by Gasteiger charge is -2.37. The van der Waals surface area contributed by atoms with Gasteiger partial charge in [0, 0.05) is 6.61 Å². The minimum atomic E-state index is 0.303. The Kier molecular flexibility index (Phi) is 5.26. The fraction of sp³-hybridized carbons (Fsp3) is 1.00. The van der Waals surface area contributed by atoms with Crippen LogP contribution >= 0.6 is 0 Å². The first kappa shape index (κ1) is 13.3. The summed E-state index contributed by atoms with van der Waals surface area (Å²) in [6, 6.07) is 0. The summed E-state index contributed by atoms with van der Waals surface area (Å²) in [5.74, 6) is 1.72. The number of rotatable bonds is 6. The van der Waals surface area contributed by atoms with Gasteiger partial charge in [-0.1, -0.05) is 13.8 Å². The third-order valence-corrected chi connectivity index (χ3v) is 3.98. The van der Waals surface area contributed by atoms with Gasteiger partial charge < -0.3 is 14.2 Å². The van der Waals surface area contributed by atoms with E-state index in [-0.39, 0.29) is 0 Å². The summed E-state index contributed by atoms with van der Waals surface area (Å²) in [6.45, 7) is 7.77. The summed E-state index contributed by atoms with van der Waals surface area (Å²) >= 11 is 0. The molecule has 1 aliphatic heterocycles. The predicted molar refractivity (Wildman–Crippen MR) is 67.1 cm³/mol. The molecule has 2 rings (SSSR count). The van der Waals surface area contributed by atoms with Crippen molar-refractivity contribution >= 4 is 0 Å². The molecule has 0 bridgehead atoms. The molecule has 100 valence electrons. The predicted octanol–water partition coefficient (Wildman–Crippen LogP) is 2.63. The molecule has 2 aliphatic rings.